The predicted octanol–water partition coefficient (Wildman–Crippen LogP) is 4.16. The Bertz CT molecular complexity index is 833. The van der Waals surface area contributed by atoms with E-state index in [0.717, 1.165) is 36.4 Å². The number of methoxy groups -OCH3 is 1. The summed E-state index contributed by atoms with van der Waals surface area (Å²) in [5.41, 5.74) is 3.34. The van der Waals surface area contributed by atoms with E-state index in [9.17, 15) is 4.79 Å². The summed E-state index contributed by atoms with van der Waals surface area (Å²) in [5.74, 6) is 0.955. The molecular weight excluding hydrogens is 340 g/mol. The van der Waals surface area contributed by atoms with Crippen LogP contribution >= 0.6 is 0 Å². The van der Waals surface area contributed by atoms with Crippen molar-refractivity contribution in [1.82, 2.24) is 15.3 Å². The molecule has 1 heterocycles. The van der Waals surface area contributed by atoms with Crippen molar-refractivity contribution in [1.29, 1.82) is 0 Å². The smallest absolute Gasteiger partial charge is 0.270 e. The van der Waals surface area contributed by atoms with Gasteiger partial charge >= 0.3 is 0 Å². The van der Waals surface area contributed by atoms with E-state index >= 15 is 0 Å². The molecule has 3 rings (SSSR count). The van der Waals surface area contributed by atoms with Crippen LogP contribution in [0.1, 0.15) is 48.3 Å². The second-order valence-electron chi connectivity index (χ2n) is 6.69. The van der Waals surface area contributed by atoms with Gasteiger partial charge in [0, 0.05) is 24.0 Å². The Balaban J connectivity index is 1.63. The number of nitrogens with zero attached hydrogens (tertiary/aromatic N) is 2. The number of aromatic nitrogens is 2. The average molecular weight is 366 g/mol. The first kappa shape index (κ1) is 18.9. The minimum Gasteiger partial charge on any atom is -0.497 e. The Morgan fingerprint density at radius 3 is 2.89 bits per heavy atom. The molecule has 1 aliphatic rings. The number of aryl methyl sites for hydroxylation is 1. The number of allylic oxidation sites excluding steroid dienone is 1. The zero-order valence-electron chi connectivity index (χ0n) is 15.9. The molecule has 1 aromatic carbocycles. The van der Waals surface area contributed by atoms with Crippen molar-refractivity contribution in [3.63, 3.8) is 0 Å². The summed E-state index contributed by atoms with van der Waals surface area (Å²) in [4.78, 5) is 21.2. The van der Waals surface area contributed by atoms with Crippen LogP contribution in [0.5, 0.6) is 5.75 Å². The Morgan fingerprint density at radius 1 is 1.22 bits per heavy atom. The fourth-order valence-electron chi connectivity index (χ4n) is 3.13. The number of ether oxygens (including phenoxy) is 1. The van der Waals surface area contributed by atoms with Crippen LogP contribution in [0.25, 0.3) is 0 Å². The number of rotatable bonds is 7. The Morgan fingerprint density at radius 2 is 2.11 bits per heavy atom. The number of nitrogens with one attached hydrogen (secondary N) is 2. The second kappa shape index (κ2) is 9.16. The lowest BCUT2D eigenvalue weighted by Crippen LogP contribution is -2.26. The van der Waals surface area contributed by atoms with Crippen LogP contribution in [0.3, 0.4) is 0 Å². The summed E-state index contributed by atoms with van der Waals surface area (Å²) in [7, 11) is 1.62. The van der Waals surface area contributed by atoms with E-state index in [1.165, 1.54) is 18.4 Å². The van der Waals surface area contributed by atoms with Gasteiger partial charge in [-0.1, -0.05) is 17.7 Å². The lowest BCUT2D eigenvalue weighted by atomic mass is 9.97. The molecule has 27 heavy (non-hydrogen) atoms. The lowest BCUT2D eigenvalue weighted by Gasteiger charge is -2.13. The summed E-state index contributed by atoms with van der Waals surface area (Å²) in [6, 6.07) is 9.19. The number of amides is 1. The average Bonchev–Trinajstić information content (AvgIpc) is 2.68. The third kappa shape index (κ3) is 5.54. The molecule has 6 nitrogen and oxygen atoms in total. The predicted molar refractivity (Wildman–Crippen MR) is 107 cm³/mol. The van der Waals surface area contributed by atoms with Gasteiger partial charge in [0.05, 0.1) is 7.11 Å². The first-order valence-corrected chi connectivity index (χ1v) is 9.37. The van der Waals surface area contributed by atoms with Crippen molar-refractivity contribution in [2.75, 3.05) is 19.0 Å². The van der Waals surface area contributed by atoms with Crippen LogP contribution in [0.2, 0.25) is 0 Å². The van der Waals surface area contributed by atoms with Crippen molar-refractivity contribution in [2.45, 2.75) is 39.0 Å². The maximum atomic E-state index is 12.5. The SMILES string of the molecule is COc1cccc(Nc2nc(C)cc(C(=O)NCCC3=CCCCC3)n2)c1. The van der Waals surface area contributed by atoms with Gasteiger partial charge in [-0.3, -0.25) is 4.79 Å². The molecule has 2 N–H and O–H groups in total. The van der Waals surface area contributed by atoms with Gasteiger partial charge in [0.25, 0.3) is 5.91 Å². The number of carbonyl (C=O) groups excluding carboxylic acids is 1. The number of anilines is 2. The molecule has 0 unspecified atom stereocenters. The molecule has 1 amide bonds. The zero-order valence-corrected chi connectivity index (χ0v) is 15.9. The Labute approximate surface area is 160 Å². The summed E-state index contributed by atoms with van der Waals surface area (Å²) >= 11 is 0. The Hall–Kier alpha value is -2.89. The largest absolute Gasteiger partial charge is 0.497 e. The minimum atomic E-state index is -0.175. The standard InChI is InChI=1S/C21H26N4O2/c1-15-13-19(20(26)22-12-11-16-7-4-3-5-8-16)25-21(23-15)24-17-9-6-10-18(14-17)27-2/h6-7,9-10,13-14H,3-5,8,11-12H2,1-2H3,(H,22,26)(H,23,24,25). The minimum absolute atomic E-state index is 0.175. The maximum absolute atomic E-state index is 12.5. The molecular formula is C21H26N4O2. The van der Waals surface area contributed by atoms with E-state index in [1.54, 1.807) is 13.2 Å². The van der Waals surface area contributed by atoms with Gasteiger partial charge in [-0.25, -0.2) is 9.97 Å². The van der Waals surface area contributed by atoms with Crippen LogP contribution in [-0.2, 0) is 0 Å². The monoisotopic (exact) mass is 366 g/mol. The molecule has 0 atom stereocenters. The topological polar surface area (TPSA) is 76.1 Å². The van der Waals surface area contributed by atoms with Gasteiger partial charge in [-0.15, -0.1) is 0 Å². The molecule has 0 saturated carbocycles. The molecule has 6 heteroatoms. The van der Waals surface area contributed by atoms with E-state index in [-0.39, 0.29) is 5.91 Å². The molecule has 2 aromatic rings. The zero-order chi connectivity index (χ0) is 19.1. The maximum Gasteiger partial charge on any atom is 0.270 e. The summed E-state index contributed by atoms with van der Waals surface area (Å²) in [6.07, 6.45) is 8.06. The second-order valence-corrected chi connectivity index (χ2v) is 6.69. The van der Waals surface area contributed by atoms with Crippen LogP contribution in [0, 0.1) is 6.92 Å². The Kier molecular flexibility index (Phi) is 6.41. The first-order valence-electron chi connectivity index (χ1n) is 9.37. The highest BCUT2D eigenvalue weighted by Crippen LogP contribution is 2.20. The molecule has 142 valence electrons. The van der Waals surface area contributed by atoms with Gasteiger partial charge in [0.2, 0.25) is 5.95 Å². The van der Waals surface area contributed by atoms with Crippen LogP contribution in [0.4, 0.5) is 11.6 Å². The number of benzene rings is 1. The normalized spacial score (nSPS) is 13.6. The molecule has 0 radical (unpaired) electrons. The number of hydrogen-bond donors (Lipinski definition) is 2. The van der Waals surface area contributed by atoms with Crippen LogP contribution in [-0.4, -0.2) is 29.5 Å². The highest BCUT2D eigenvalue weighted by molar-refractivity contribution is 5.92. The van der Waals surface area contributed by atoms with Crippen molar-refractivity contribution < 1.29 is 9.53 Å². The fraction of sp³-hybridized carbons (Fsp3) is 0.381. The molecule has 1 aromatic heterocycles. The summed E-state index contributed by atoms with van der Waals surface area (Å²) in [5, 5.41) is 6.10. The van der Waals surface area contributed by atoms with E-state index in [0.29, 0.717) is 18.2 Å². The molecule has 0 bridgehead atoms. The highest BCUT2D eigenvalue weighted by atomic mass is 16.5. The van der Waals surface area contributed by atoms with Crippen LogP contribution < -0.4 is 15.4 Å². The molecule has 0 fully saturated rings. The van der Waals surface area contributed by atoms with Gasteiger partial charge < -0.3 is 15.4 Å². The van der Waals surface area contributed by atoms with E-state index in [2.05, 4.69) is 26.7 Å². The van der Waals surface area contributed by atoms with Crippen molar-refractivity contribution in [3.05, 3.63) is 53.4 Å². The van der Waals surface area contributed by atoms with Gasteiger partial charge in [-0.2, -0.15) is 0 Å². The van der Waals surface area contributed by atoms with Gasteiger partial charge in [0.1, 0.15) is 11.4 Å². The van der Waals surface area contributed by atoms with Crippen LogP contribution in [0.15, 0.2) is 42.0 Å². The third-order valence-electron chi connectivity index (χ3n) is 4.53. The van der Waals surface area contributed by atoms with Crippen molar-refractivity contribution in [2.24, 2.45) is 0 Å². The van der Waals surface area contributed by atoms with Gasteiger partial charge in [-0.05, 0) is 57.2 Å². The molecule has 1 aliphatic carbocycles. The lowest BCUT2D eigenvalue weighted by molar-refractivity contribution is 0.0949. The first-order chi connectivity index (χ1) is 13.1. The quantitative estimate of drug-likeness (QED) is 0.720. The van der Waals surface area contributed by atoms with E-state index < -0.39 is 0 Å². The number of carbonyl (C=O) groups is 1. The third-order valence-corrected chi connectivity index (χ3v) is 4.53. The van der Waals surface area contributed by atoms with E-state index in [1.807, 2.05) is 31.2 Å². The fourth-order valence-corrected chi connectivity index (χ4v) is 3.13. The van der Waals surface area contributed by atoms with Crippen molar-refractivity contribution in [3.8, 4) is 5.75 Å². The summed E-state index contributed by atoms with van der Waals surface area (Å²) < 4.78 is 5.22. The number of hydrogen-bond acceptors (Lipinski definition) is 5. The van der Waals surface area contributed by atoms with Gasteiger partial charge in [0.15, 0.2) is 0 Å². The molecule has 0 saturated heterocycles. The highest BCUT2D eigenvalue weighted by Gasteiger charge is 2.11. The van der Waals surface area contributed by atoms with E-state index in [4.69, 9.17) is 4.74 Å². The summed E-state index contributed by atoms with van der Waals surface area (Å²) in [6.45, 7) is 2.48. The molecule has 0 aliphatic heterocycles. The van der Waals surface area contributed by atoms with Crippen molar-refractivity contribution >= 4 is 17.5 Å². The molecule has 0 spiro atoms.